The van der Waals surface area contributed by atoms with Crippen molar-refractivity contribution in [3.8, 4) is 0 Å². The van der Waals surface area contributed by atoms with Gasteiger partial charge in [-0.15, -0.1) is 0 Å². The number of nitrogens with zero attached hydrogens (tertiary/aromatic N) is 2. The Labute approximate surface area is 125 Å². The van der Waals surface area contributed by atoms with Gasteiger partial charge in [-0.2, -0.15) is 0 Å². The van der Waals surface area contributed by atoms with E-state index in [2.05, 4.69) is 15.3 Å². The maximum absolute atomic E-state index is 11.9. The number of halogens is 1. The van der Waals surface area contributed by atoms with E-state index >= 15 is 0 Å². The number of carboxylic acids is 1. The fourth-order valence-corrected chi connectivity index (χ4v) is 1.61. The number of carbonyl (C=O) groups is 2. The molecule has 21 heavy (non-hydrogen) atoms. The van der Waals surface area contributed by atoms with Gasteiger partial charge in [0, 0.05) is 11.8 Å². The lowest BCUT2D eigenvalue weighted by Gasteiger charge is -2.05. The number of carboxylic acid groups (broad SMARTS) is 1. The van der Waals surface area contributed by atoms with Crippen LogP contribution in [0.1, 0.15) is 16.1 Å². The zero-order valence-electron chi connectivity index (χ0n) is 10.7. The summed E-state index contributed by atoms with van der Waals surface area (Å²) in [7, 11) is 0. The summed E-state index contributed by atoms with van der Waals surface area (Å²) in [6.45, 7) is 0. The monoisotopic (exact) mass is 303 g/mol. The molecule has 0 aliphatic rings. The maximum atomic E-state index is 11.9. The number of amides is 1. The highest BCUT2D eigenvalue weighted by Crippen LogP contribution is 2.13. The van der Waals surface area contributed by atoms with E-state index in [1.165, 1.54) is 18.5 Å². The van der Waals surface area contributed by atoms with Crippen molar-refractivity contribution < 1.29 is 14.7 Å². The molecule has 0 unspecified atom stereocenters. The zero-order chi connectivity index (χ0) is 15.2. The second-order valence-electron chi connectivity index (χ2n) is 3.98. The van der Waals surface area contributed by atoms with E-state index < -0.39 is 11.9 Å². The summed E-state index contributed by atoms with van der Waals surface area (Å²) in [4.78, 5) is 30.0. The molecule has 106 valence electrons. The Morgan fingerprint density at radius 3 is 2.71 bits per heavy atom. The minimum atomic E-state index is -1.04. The number of rotatable bonds is 4. The number of aliphatic carboxylic acids is 1. The SMILES string of the molecule is O=C(O)/C=C/c1cccc(NC(=O)c2cnc(Cl)cn2)c1. The molecule has 0 aliphatic carbocycles. The Hall–Kier alpha value is -2.73. The molecule has 0 radical (unpaired) electrons. The summed E-state index contributed by atoms with van der Waals surface area (Å²) >= 11 is 5.60. The molecule has 1 aromatic heterocycles. The van der Waals surface area contributed by atoms with Crippen molar-refractivity contribution in [3.63, 3.8) is 0 Å². The number of hydrogen-bond acceptors (Lipinski definition) is 4. The van der Waals surface area contributed by atoms with Gasteiger partial charge in [-0.1, -0.05) is 23.7 Å². The highest BCUT2D eigenvalue weighted by molar-refractivity contribution is 6.29. The fourth-order valence-electron chi connectivity index (χ4n) is 1.51. The standard InChI is InChI=1S/C14H10ClN3O3/c15-12-8-16-11(7-17-12)14(21)18-10-3-1-2-9(6-10)4-5-13(19)20/h1-8H,(H,18,21)(H,19,20)/b5-4+. The third-order valence-corrected chi connectivity index (χ3v) is 2.61. The van der Waals surface area contributed by atoms with Crippen molar-refractivity contribution in [2.45, 2.75) is 0 Å². The number of benzene rings is 1. The summed E-state index contributed by atoms with van der Waals surface area (Å²) < 4.78 is 0. The number of aromatic nitrogens is 2. The van der Waals surface area contributed by atoms with Crippen LogP contribution in [-0.2, 0) is 4.79 Å². The van der Waals surface area contributed by atoms with Crippen LogP contribution < -0.4 is 5.32 Å². The second-order valence-corrected chi connectivity index (χ2v) is 4.36. The van der Waals surface area contributed by atoms with E-state index in [-0.39, 0.29) is 10.8 Å². The van der Waals surface area contributed by atoms with Gasteiger partial charge in [0.25, 0.3) is 5.91 Å². The molecule has 0 saturated carbocycles. The molecule has 1 heterocycles. The Morgan fingerprint density at radius 2 is 2.05 bits per heavy atom. The van der Waals surface area contributed by atoms with Crippen molar-refractivity contribution in [3.05, 3.63) is 59.1 Å². The molecule has 0 fully saturated rings. The van der Waals surface area contributed by atoms with E-state index in [1.54, 1.807) is 24.3 Å². The van der Waals surface area contributed by atoms with Crippen LogP contribution in [0.2, 0.25) is 5.15 Å². The zero-order valence-corrected chi connectivity index (χ0v) is 11.4. The van der Waals surface area contributed by atoms with E-state index in [4.69, 9.17) is 16.7 Å². The molecular formula is C14H10ClN3O3. The quantitative estimate of drug-likeness (QED) is 0.847. The summed E-state index contributed by atoms with van der Waals surface area (Å²) in [5.41, 5.74) is 1.30. The van der Waals surface area contributed by atoms with Crippen LogP contribution in [0.4, 0.5) is 5.69 Å². The van der Waals surface area contributed by atoms with Crippen LogP contribution in [0, 0.1) is 0 Å². The van der Waals surface area contributed by atoms with Crippen LogP contribution in [0.25, 0.3) is 6.08 Å². The molecule has 6 nitrogen and oxygen atoms in total. The minimum Gasteiger partial charge on any atom is -0.478 e. The third-order valence-electron chi connectivity index (χ3n) is 2.42. The van der Waals surface area contributed by atoms with Crippen LogP contribution in [0.15, 0.2) is 42.7 Å². The Kier molecular flexibility index (Phi) is 4.63. The summed E-state index contributed by atoms with van der Waals surface area (Å²) in [5, 5.41) is 11.4. The molecule has 2 N–H and O–H groups in total. The lowest BCUT2D eigenvalue weighted by atomic mass is 10.2. The van der Waals surface area contributed by atoms with Gasteiger partial charge in [-0.3, -0.25) is 4.79 Å². The van der Waals surface area contributed by atoms with E-state index in [1.807, 2.05) is 0 Å². The Bertz CT molecular complexity index is 699. The molecule has 0 spiro atoms. The first kappa shape index (κ1) is 14.7. The largest absolute Gasteiger partial charge is 0.478 e. The third kappa shape index (κ3) is 4.39. The van der Waals surface area contributed by atoms with Gasteiger partial charge in [0.05, 0.1) is 12.4 Å². The lowest BCUT2D eigenvalue weighted by Crippen LogP contribution is -2.13. The first-order valence-corrected chi connectivity index (χ1v) is 6.22. The molecule has 7 heteroatoms. The van der Waals surface area contributed by atoms with Gasteiger partial charge in [-0.05, 0) is 23.8 Å². The van der Waals surface area contributed by atoms with E-state index in [9.17, 15) is 9.59 Å². The Balaban J connectivity index is 2.12. The van der Waals surface area contributed by atoms with Gasteiger partial charge >= 0.3 is 5.97 Å². The number of nitrogens with one attached hydrogen (secondary N) is 1. The molecule has 0 atom stereocenters. The average molecular weight is 304 g/mol. The van der Waals surface area contributed by atoms with E-state index in [0.29, 0.717) is 11.3 Å². The average Bonchev–Trinajstić information content (AvgIpc) is 2.46. The molecular weight excluding hydrogens is 294 g/mol. The van der Waals surface area contributed by atoms with Crippen molar-refractivity contribution in [2.75, 3.05) is 5.32 Å². The van der Waals surface area contributed by atoms with Crippen molar-refractivity contribution in [2.24, 2.45) is 0 Å². The minimum absolute atomic E-state index is 0.130. The summed E-state index contributed by atoms with van der Waals surface area (Å²) in [6, 6.07) is 6.74. The predicted molar refractivity (Wildman–Crippen MR) is 78.1 cm³/mol. The molecule has 0 bridgehead atoms. The lowest BCUT2D eigenvalue weighted by molar-refractivity contribution is -0.131. The topological polar surface area (TPSA) is 92.2 Å². The number of carbonyl (C=O) groups excluding carboxylic acids is 1. The van der Waals surface area contributed by atoms with E-state index in [0.717, 1.165) is 6.08 Å². The van der Waals surface area contributed by atoms with Gasteiger partial charge in [-0.25, -0.2) is 14.8 Å². The fraction of sp³-hybridized carbons (Fsp3) is 0. The van der Waals surface area contributed by atoms with Crippen LogP contribution in [0.5, 0.6) is 0 Å². The van der Waals surface area contributed by atoms with Gasteiger partial charge in [0.1, 0.15) is 10.8 Å². The van der Waals surface area contributed by atoms with Crippen LogP contribution >= 0.6 is 11.6 Å². The van der Waals surface area contributed by atoms with Crippen LogP contribution in [0.3, 0.4) is 0 Å². The molecule has 0 aliphatic heterocycles. The molecule has 1 amide bonds. The molecule has 2 aromatic rings. The molecule has 2 rings (SSSR count). The second kappa shape index (κ2) is 6.62. The van der Waals surface area contributed by atoms with Gasteiger partial charge < -0.3 is 10.4 Å². The molecule has 0 saturated heterocycles. The van der Waals surface area contributed by atoms with Crippen molar-refractivity contribution in [1.82, 2.24) is 9.97 Å². The van der Waals surface area contributed by atoms with Gasteiger partial charge in [0.2, 0.25) is 0 Å². The summed E-state index contributed by atoms with van der Waals surface area (Å²) in [6.07, 6.45) is 5.00. The number of hydrogen-bond donors (Lipinski definition) is 2. The highest BCUT2D eigenvalue weighted by atomic mass is 35.5. The van der Waals surface area contributed by atoms with Crippen LogP contribution in [-0.4, -0.2) is 27.0 Å². The smallest absolute Gasteiger partial charge is 0.328 e. The van der Waals surface area contributed by atoms with Crippen molar-refractivity contribution >= 4 is 35.2 Å². The molecule has 1 aromatic carbocycles. The Morgan fingerprint density at radius 1 is 1.24 bits per heavy atom. The number of anilines is 1. The predicted octanol–water partition coefficient (Wildman–Crippen LogP) is 2.48. The first-order chi connectivity index (χ1) is 10.0. The van der Waals surface area contributed by atoms with Gasteiger partial charge in [0.15, 0.2) is 0 Å². The summed E-state index contributed by atoms with van der Waals surface area (Å²) in [5.74, 6) is -1.47. The van der Waals surface area contributed by atoms with Crippen molar-refractivity contribution in [1.29, 1.82) is 0 Å². The highest BCUT2D eigenvalue weighted by Gasteiger charge is 2.08. The maximum Gasteiger partial charge on any atom is 0.328 e. The normalized spacial score (nSPS) is 10.5. The first-order valence-electron chi connectivity index (χ1n) is 5.84.